The molecule has 100 valence electrons. The molecule has 0 fully saturated rings. The van der Waals surface area contributed by atoms with Gasteiger partial charge in [-0.05, 0) is 25.3 Å². The van der Waals surface area contributed by atoms with Gasteiger partial charge in [-0.15, -0.1) is 0 Å². The van der Waals surface area contributed by atoms with Crippen molar-refractivity contribution in [1.82, 2.24) is 9.97 Å². The number of nitrogens with one attached hydrogen (secondary N) is 1. The van der Waals surface area contributed by atoms with Crippen molar-refractivity contribution >= 4 is 33.9 Å². The summed E-state index contributed by atoms with van der Waals surface area (Å²) in [4.78, 5) is 8.76. The fourth-order valence-electron chi connectivity index (χ4n) is 2.12. The van der Waals surface area contributed by atoms with E-state index in [0.717, 1.165) is 22.5 Å². The third kappa shape index (κ3) is 2.32. The maximum Gasteiger partial charge on any atom is 0.172 e. The maximum absolute atomic E-state index is 6.17. The molecule has 0 bridgehead atoms. The normalized spacial score (nSPS) is 10.8. The number of halogens is 1. The lowest BCUT2D eigenvalue weighted by Gasteiger charge is -2.11. The predicted octanol–water partition coefficient (Wildman–Crippen LogP) is 4.64. The number of hydrogen-bond acceptors (Lipinski definition) is 3. The molecule has 0 spiro atoms. The van der Waals surface area contributed by atoms with Gasteiger partial charge in [-0.3, -0.25) is 0 Å². The number of aromatic nitrogens is 2. The number of fused-ring (bicyclic) bond motifs is 1. The molecule has 0 unspecified atom stereocenters. The van der Waals surface area contributed by atoms with Crippen molar-refractivity contribution in [3.8, 4) is 0 Å². The molecule has 3 aromatic rings. The van der Waals surface area contributed by atoms with Gasteiger partial charge >= 0.3 is 0 Å². The second-order valence-corrected chi connectivity index (χ2v) is 5.04. The molecule has 1 N–H and O–H groups in total. The van der Waals surface area contributed by atoms with E-state index in [4.69, 9.17) is 11.6 Å². The van der Waals surface area contributed by atoms with E-state index in [9.17, 15) is 0 Å². The molecule has 0 saturated heterocycles. The van der Waals surface area contributed by atoms with Crippen LogP contribution in [-0.4, -0.2) is 9.97 Å². The monoisotopic (exact) mass is 283 g/mol. The van der Waals surface area contributed by atoms with E-state index >= 15 is 0 Å². The zero-order chi connectivity index (χ0) is 14.1. The molecule has 0 amide bonds. The Kier molecular flexibility index (Phi) is 3.28. The van der Waals surface area contributed by atoms with Crippen molar-refractivity contribution < 1.29 is 0 Å². The van der Waals surface area contributed by atoms with Crippen molar-refractivity contribution in [1.29, 1.82) is 0 Å². The van der Waals surface area contributed by atoms with Crippen molar-refractivity contribution in [3.05, 3.63) is 59.0 Å². The van der Waals surface area contributed by atoms with Crippen LogP contribution in [0.4, 0.5) is 11.5 Å². The van der Waals surface area contributed by atoms with Gasteiger partial charge in [-0.2, -0.15) is 0 Å². The quantitative estimate of drug-likeness (QED) is 0.744. The average Bonchev–Trinajstić information content (AvgIpc) is 2.45. The number of benzene rings is 2. The molecule has 0 aliphatic heterocycles. The lowest BCUT2D eigenvalue weighted by molar-refractivity contribution is 1.05. The topological polar surface area (TPSA) is 37.8 Å². The fraction of sp³-hybridized carbons (Fsp3) is 0.125. The molecule has 1 aromatic heterocycles. The fourth-order valence-corrected chi connectivity index (χ4v) is 2.33. The first-order chi connectivity index (χ1) is 9.65. The van der Waals surface area contributed by atoms with Gasteiger partial charge in [0.2, 0.25) is 0 Å². The highest BCUT2D eigenvalue weighted by molar-refractivity contribution is 6.31. The second-order valence-electron chi connectivity index (χ2n) is 4.69. The van der Waals surface area contributed by atoms with Gasteiger partial charge in [0.1, 0.15) is 0 Å². The van der Waals surface area contributed by atoms with E-state index in [1.165, 1.54) is 5.39 Å². The van der Waals surface area contributed by atoms with Gasteiger partial charge in [-0.1, -0.05) is 48.0 Å². The molecule has 20 heavy (non-hydrogen) atoms. The van der Waals surface area contributed by atoms with Gasteiger partial charge in [-0.25, -0.2) is 9.97 Å². The molecule has 2 aromatic carbocycles. The minimum absolute atomic E-state index is 0.390. The van der Waals surface area contributed by atoms with Crippen molar-refractivity contribution in [2.24, 2.45) is 0 Å². The summed E-state index contributed by atoms with van der Waals surface area (Å²) in [6.07, 6.45) is 0. The highest BCUT2D eigenvalue weighted by Gasteiger charge is 2.08. The van der Waals surface area contributed by atoms with Crippen LogP contribution in [0.2, 0.25) is 5.15 Å². The van der Waals surface area contributed by atoms with Crippen LogP contribution in [0.5, 0.6) is 0 Å². The van der Waals surface area contributed by atoms with Crippen LogP contribution in [0.15, 0.2) is 42.5 Å². The van der Waals surface area contributed by atoms with E-state index in [1.807, 2.05) is 38.1 Å². The molecule has 0 radical (unpaired) electrons. The molecule has 4 heteroatoms. The Balaban J connectivity index is 2.08. The molecule has 0 atom stereocenters. The Morgan fingerprint density at radius 1 is 0.900 bits per heavy atom. The Bertz CT molecular complexity index is 779. The van der Waals surface area contributed by atoms with Crippen LogP contribution in [0.3, 0.4) is 0 Å². The molecular weight excluding hydrogens is 270 g/mol. The zero-order valence-corrected chi connectivity index (χ0v) is 12.1. The van der Waals surface area contributed by atoms with Crippen LogP contribution >= 0.6 is 11.6 Å². The first-order valence-corrected chi connectivity index (χ1v) is 6.78. The Morgan fingerprint density at radius 2 is 1.60 bits per heavy atom. The summed E-state index contributed by atoms with van der Waals surface area (Å²) in [6, 6.07) is 14.3. The number of nitrogens with zero attached hydrogens (tertiary/aromatic N) is 2. The Morgan fingerprint density at radius 3 is 2.45 bits per heavy atom. The molecule has 1 heterocycles. The summed E-state index contributed by atoms with van der Waals surface area (Å²) >= 11 is 6.17. The standard InChI is InChI=1S/C16H14ClN3/c1-10-11(2)19-16(15(17)18-10)20-14-9-5-7-12-6-3-4-8-13(12)14/h3-9H,1-2H3,(H,19,20). The minimum atomic E-state index is 0.390. The summed E-state index contributed by atoms with van der Waals surface area (Å²) in [5.74, 6) is 0.589. The predicted molar refractivity (Wildman–Crippen MR) is 83.7 cm³/mol. The highest BCUT2D eigenvalue weighted by atomic mass is 35.5. The molecule has 0 saturated carbocycles. The lowest BCUT2D eigenvalue weighted by atomic mass is 10.1. The van der Waals surface area contributed by atoms with Crippen LogP contribution in [0, 0.1) is 13.8 Å². The van der Waals surface area contributed by atoms with E-state index < -0.39 is 0 Å². The SMILES string of the molecule is Cc1nc(Cl)c(Nc2cccc3ccccc23)nc1C. The number of anilines is 2. The molecule has 3 rings (SSSR count). The maximum atomic E-state index is 6.17. The largest absolute Gasteiger partial charge is 0.337 e. The van der Waals surface area contributed by atoms with Crippen LogP contribution < -0.4 is 5.32 Å². The summed E-state index contributed by atoms with van der Waals surface area (Å²) < 4.78 is 0. The number of hydrogen-bond donors (Lipinski definition) is 1. The second kappa shape index (κ2) is 5.10. The van der Waals surface area contributed by atoms with Crippen molar-refractivity contribution in [2.75, 3.05) is 5.32 Å². The van der Waals surface area contributed by atoms with Crippen LogP contribution in [0.1, 0.15) is 11.4 Å². The van der Waals surface area contributed by atoms with Gasteiger partial charge in [0, 0.05) is 11.1 Å². The van der Waals surface area contributed by atoms with Crippen molar-refractivity contribution in [2.45, 2.75) is 13.8 Å². The van der Waals surface area contributed by atoms with E-state index in [-0.39, 0.29) is 0 Å². The van der Waals surface area contributed by atoms with E-state index in [1.54, 1.807) is 0 Å². The number of aryl methyl sites for hydroxylation is 2. The summed E-state index contributed by atoms with van der Waals surface area (Å²) in [5.41, 5.74) is 2.69. The Hall–Kier alpha value is -2.13. The first kappa shape index (κ1) is 12.9. The van der Waals surface area contributed by atoms with Crippen LogP contribution in [0.25, 0.3) is 10.8 Å². The highest BCUT2D eigenvalue weighted by Crippen LogP contribution is 2.28. The van der Waals surface area contributed by atoms with Gasteiger partial charge < -0.3 is 5.32 Å². The van der Waals surface area contributed by atoms with Crippen molar-refractivity contribution in [3.63, 3.8) is 0 Å². The molecule has 0 aliphatic carbocycles. The summed E-state index contributed by atoms with van der Waals surface area (Å²) in [7, 11) is 0. The molecular formula is C16H14ClN3. The minimum Gasteiger partial charge on any atom is -0.337 e. The number of rotatable bonds is 2. The molecule has 3 nitrogen and oxygen atoms in total. The lowest BCUT2D eigenvalue weighted by Crippen LogP contribution is -2.01. The van der Waals surface area contributed by atoms with Gasteiger partial charge in [0.15, 0.2) is 11.0 Å². The van der Waals surface area contributed by atoms with Gasteiger partial charge in [0.05, 0.1) is 11.4 Å². The van der Waals surface area contributed by atoms with Crippen LogP contribution in [-0.2, 0) is 0 Å². The summed E-state index contributed by atoms with van der Waals surface area (Å²) in [5, 5.41) is 5.97. The van der Waals surface area contributed by atoms with Gasteiger partial charge in [0.25, 0.3) is 0 Å². The zero-order valence-electron chi connectivity index (χ0n) is 11.3. The third-order valence-electron chi connectivity index (χ3n) is 3.31. The Labute approximate surface area is 122 Å². The average molecular weight is 284 g/mol. The van der Waals surface area contributed by atoms with E-state index in [0.29, 0.717) is 11.0 Å². The smallest absolute Gasteiger partial charge is 0.172 e. The first-order valence-electron chi connectivity index (χ1n) is 6.40. The third-order valence-corrected chi connectivity index (χ3v) is 3.57. The van der Waals surface area contributed by atoms with E-state index in [2.05, 4.69) is 33.5 Å². The summed E-state index contributed by atoms with van der Waals surface area (Å²) in [6.45, 7) is 3.82. The molecule has 0 aliphatic rings.